The highest BCUT2D eigenvalue weighted by Crippen LogP contribution is 2.29. The molecule has 0 spiro atoms. The van der Waals surface area contributed by atoms with Crippen molar-refractivity contribution in [3.05, 3.63) is 0 Å². The molecule has 17 heavy (non-hydrogen) atoms. The second-order valence-corrected chi connectivity index (χ2v) is 5.85. The molecule has 0 bridgehead atoms. The molecule has 2 fully saturated rings. The molecule has 2 rings (SSSR count). The van der Waals surface area contributed by atoms with Crippen LogP contribution in [0, 0.1) is 5.92 Å². The van der Waals surface area contributed by atoms with Gasteiger partial charge in [-0.25, -0.2) is 0 Å². The largest absolute Gasteiger partial charge is 0.378 e. The van der Waals surface area contributed by atoms with Crippen molar-refractivity contribution in [3.63, 3.8) is 0 Å². The van der Waals surface area contributed by atoms with E-state index >= 15 is 0 Å². The summed E-state index contributed by atoms with van der Waals surface area (Å²) in [6.07, 6.45) is 13.0. The third kappa shape index (κ3) is 4.59. The number of nitrogens with one attached hydrogen (secondary N) is 1. The van der Waals surface area contributed by atoms with Crippen LogP contribution in [0.1, 0.15) is 64.7 Å². The highest BCUT2D eigenvalue weighted by Gasteiger charge is 2.22. The predicted molar refractivity (Wildman–Crippen MR) is 72.2 cm³/mol. The Hall–Kier alpha value is -0.0800. The zero-order valence-corrected chi connectivity index (χ0v) is 11.4. The van der Waals surface area contributed by atoms with Gasteiger partial charge in [0.15, 0.2) is 0 Å². The van der Waals surface area contributed by atoms with Crippen molar-refractivity contribution >= 4 is 0 Å². The molecule has 2 heteroatoms. The summed E-state index contributed by atoms with van der Waals surface area (Å²) in [6, 6.07) is 0.698. The van der Waals surface area contributed by atoms with Crippen molar-refractivity contribution in [3.8, 4) is 0 Å². The highest BCUT2D eigenvalue weighted by atomic mass is 16.5. The van der Waals surface area contributed by atoms with Crippen molar-refractivity contribution in [2.45, 2.75) is 76.9 Å². The van der Waals surface area contributed by atoms with E-state index in [9.17, 15) is 0 Å². The lowest BCUT2D eigenvalue weighted by atomic mass is 9.95. The van der Waals surface area contributed by atoms with Crippen molar-refractivity contribution in [2.75, 3.05) is 13.2 Å². The van der Waals surface area contributed by atoms with Crippen LogP contribution in [0.15, 0.2) is 0 Å². The minimum Gasteiger partial charge on any atom is -0.378 e. The maximum Gasteiger partial charge on any atom is 0.0590 e. The number of ether oxygens (including phenoxy) is 1. The summed E-state index contributed by atoms with van der Waals surface area (Å²) in [4.78, 5) is 0. The van der Waals surface area contributed by atoms with Crippen molar-refractivity contribution in [2.24, 2.45) is 5.92 Å². The lowest BCUT2D eigenvalue weighted by Crippen LogP contribution is -2.32. The first-order chi connectivity index (χ1) is 8.38. The lowest BCUT2D eigenvalue weighted by molar-refractivity contribution is 0.0930. The highest BCUT2D eigenvalue weighted by molar-refractivity contribution is 4.77. The first-order valence-corrected chi connectivity index (χ1v) is 7.73. The van der Waals surface area contributed by atoms with Crippen LogP contribution in [0.3, 0.4) is 0 Å². The maximum atomic E-state index is 5.76. The molecule has 2 nitrogen and oxygen atoms in total. The van der Waals surface area contributed by atoms with Gasteiger partial charge >= 0.3 is 0 Å². The van der Waals surface area contributed by atoms with Crippen LogP contribution < -0.4 is 5.32 Å². The van der Waals surface area contributed by atoms with Gasteiger partial charge in [0.2, 0.25) is 0 Å². The molecule has 1 aliphatic carbocycles. The molecular formula is C15H29NO. The van der Waals surface area contributed by atoms with E-state index in [0.717, 1.165) is 19.1 Å². The maximum absolute atomic E-state index is 5.76. The zero-order chi connectivity index (χ0) is 11.9. The van der Waals surface area contributed by atoms with Crippen LogP contribution in [0.25, 0.3) is 0 Å². The number of hydrogen-bond acceptors (Lipinski definition) is 2. The van der Waals surface area contributed by atoms with Gasteiger partial charge in [0.1, 0.15) is 0 Å². The van der Waals surface area contributed by atoms with Gasteiger partial charge in [-0.05, 0) is 44.6 Å². The number of hydrogen-bond donors (Lipinski definition) is 1. The third-order valence-electron chi connectivity index (χ3n) is 4.46. The molecule has 1 heterocycles. The van der Waals surface area contributed by atoms with Gasteiger partial charge in [0, 0.05) is 12.6 Å². The van der Waals surface area contributed by atoms with Crippen LogP contribution in [-0.2, 0) is 4.74 Å². The average Bonchev–Trinajstić information content (AvgIpc) is 2.99. The summed E-state index contributed by atoms with van der Waals surface area (Å²) in [5.41, 5.74) is 0. The van der Waals surface area contributed by atoms with Crippen molar-refractivity contribution in [1.82, 2.24) is 5.32 Å². The molecule has 0 amide bonds. The quantitative estimate of drug-likeness (QED) is 0.734. The second kappa shape index (κ2) is 7.38. The third-order valence-corrected chi connectivity index (χ3v) is 4.46. The lowest BCUT2D eigenvalue weighted by Gasteiger charge is -2.22. The monoisotopic (exact) mass is 239 g/mol. The van der Waals surface area contributed by atoms with Crippen molar-refractivity contribution < 1.29 is 4.74 Å². The van der Waals surface area contributed by atoms with Gasteiger partial charge < -0.3 is 10.1 Å². The Balaban J connectivity index is 1.67. The second-order valence-electron chi connectivity index (χ2n) is 5.85. The smallest absolute Gasteiger partial charge is 0.0590 e. The Morgan fingerprint density at radius 3 is 2.65 bits per heavy atom. The van der Waals surface area contributed by atoms with E-state index in [1.807, 2.05) is 0 Å². The Morgan fingerprint density at radius 1 is 1.18 bits per heavy atom. The summed E-state index contributed by atoms with van der Waals surface area (Å²) in [7, 11) is 0. The topological polar surface area (TPSA) is 21.3 Å². The first-order valence-electron chi connectivity index (χ1n) is 7.73. The van der Waals surface area contributed by atoms with E-state index in [2.05, 4.69) is 12.2 Å². The van der Waals surface area contributed by atoms with E-state index in [1.165, 1.54) is 57.8 Å². The number of rotatable bonds is 7. The van der Waals surface area contributed by atoms with Crippen molar-refractivity contribution in [1.29, 1.82) is 0 Å². The molecule has 0 aromatic rings. The SMILES string of the molecule is CCNC(CCC1CCCC1)CC1CCCO1. The molecule has 1 N–H and O–H groups in total. The fourth-order valence-electron chi connectivity index (χ4n) is 3.48. The van der Waals surface area contributed by atoms with E-state index in [0.29, 0.717) is 12.1 Å². The molecule has 2 unspecified atom stereocenters. The molecule has 0 aromatic heterocycles. The first kappa shape index (κ1) is 13.4. The average molecular weight is 239 g/mol. The minimum atomic E-state index is 0.544. The standard InChI is InChI=1S/C15H29NO/c1-2-16-14(12-15-8-5-11-17-15)10-9-13-6-3-4-7-13/h13-16H,2-12H2,1H3. The molecular weight excluding hydrogens is 210 g/mol. The molecule has 1 aliphatic heterocycles. The van der Waals surface area contributed by atoms with E-state index in [-0.39, 0.29) is 0 Å². The fourth-order valence-corrected chi connectivity index (χ4v) is 3.48. The van der Waals surface area contributed by atoms with Crippen LogP contribution in [0.2, 0.25) is 0 Å². The van der Waals surface area contributed by atoms with Gasteiger partial charge in [0.05, 0.1) is 6.10 Å². The van der Waals surface area contributed by atoms with Gasteiger partial charge in [-0.1, -0.05) is 32.6 Å². The molecule has 2 aliphatic rings. The Morgan fingerprint density at radius 2 is 2.00 bits per heavy atom. The van der Waals surface area contributed by atoms with Crippen LogP contribution >= 0.6 is 0 Å². The Labute approximate surface area is 107 Å². The summed E-state index contributed by atoms with van der Waals surface area (Å²) >= 11 is 0. The fraction of sp³-hybridized carbons (Fsp3) is 1.00. The molecule has 100 valence electrons. The van der Waals surface area contributed by atoms with Gasteiger partial charge in [-0.15, -0.1) is 0 Å². The Kier molecular flexibility index (Phi) is 5.79. The predicted octanol–water partition coefficient (Wildman–Crippen LogP) is 3.50. The van der Waals surface area contributed by atoms with Crippen LogP contribution in [0.5, 0.6) is 0 Å². The Bertz CT molecular complexity index is 195. The molecule has 0 aromatic carbocycles. The van der Waals surface area contributed by atoms with Gasteiger partial charge in [0.25, 0.3) is 0 Å². The molecule has 1 saturated carbocycles. The summed E-state index contributed by atoms with van der Waals surface area (Å²) in [5.74, 6) is 1.03. The summed E-state index contributed by atoms with van der Waals surface area (Å²) < 4.78 is 5.76. The summed E-state index contributed by atoms with van der Waals surface area (Å²) in [5, 5.41) is 3.65. The van der Waals surface area contributed by atoms with E-state index < -0.39 is 0 Å². The molecule has 0 radical (unpaired) electrons. The van der Waals surface area contributed by atoms with Gasteiger partial charge in [-0.3, -0.25) is 0 Å². The normalized spacial score (nSPS) is 27.7. The molecule has 1 saturated heterocycles. The van der Waals surface area contributed by atoms with E-state index in [1.54, 1.807) is 0 Å². The van der Waals surface area contributed by atoms with Crippen LogP contribution in [0.4, 0.5) is 0 Å². The van der Waals surface area contributed by atoms with Crippen LogP contribution in [-0.4, -0.2) is 25.3 Å². The minimum absolute atomic E-state index is 0.544. The van der Waals surface area contributed by atoms with Gasteiger partial charge in [-0.2, -0.15) is 0 Å². The zero-order valence-electron chi connectivity index (χ0n) is 11.4. The summed E-state index contributed by atoms with van der Waals surface area (Å²) in [6.45, 7) is 4.31. The van der Waals surface area contributed by atoms with E-state index in [4.69, 9.17) is 4.74 Å². The molecule has 2 atom stereocenters.